The topological polar surface area (TPSA) is 88.0 Å². The zero-order valence-corrected chi connectivity index (χ0v) is 14.3. The van der Waals surface area contributed by atoms with Crippen LogP contribution in [0.5, 0.6) is 0 Å². The van der Waals surface area contributed by atoms with Gasteiger partial charge in [-0.1, -0.05) is 0 Å². The van der Waals surface area contributed by atoms with Crippen LogP contribution < -0.4 is 9.80 Å². The van der Waals surface area contributed by atoms with Gasteiger partial charge in [0.25, 0.3) is 0 Å². The lowest BCUT2D eigenvalue weighted by atomic mass is 9.97. The summed E-state index contributed by atoms with van der Waals surface area (Å²) >= 11 is 0. The largest absolute Gasteiger partial charge is 0.481 e. The second kappa shape index (κ2) is 6.76. The number of anilines is 2. The van der Waals surface area contributed by atoms with Crippen molar-refractivity contribution in [2.45, 2.75) is 31.5 Å². The van der Waals surface area contributed by atoms with E-state index in [1.165, 1.54) is 0 Å². The SMILES string of the molecule is O=C(O)C1CCN(c2ccnc(N3CCC4(CC3)OCCO4)n2)CC1. The zero-order valence-electron chi connectivity index (χ0n) is 14.3. The molecule has 8 nitrogen and oxygen atoms in total. The van der Waals surface area contributed by atoms with E-state index in [0.29, 0.717) is 26.1 Å². The molecule has 1 spiro atoms. The summed E-state index contributed by atoms with van der Waals surface area (Å²) in [6, 6.07) is 1.90. The standard InChI is InChI=1S/C17H24N4O4/c22-15(23)13-2-7-20(8-3-13)14-1-6-18-16(19-14)21-9-4-17(5-10-21)24-11-12-25-17/h1,6,13H,2-5,7-12H2,(H,22,23). The highest BCUT2D eigenvalue weighted by Gasteiger charge is 2.40. The smallest absolute Gasteiger partial charge is 0.306 e. The van der Waals surface area contributed by atoms with E-state index in [2.05, 4.69) is 14.8 Å². The van der Waals surface area contributed by atoms with Crippen LogP contribution in [-0.2, 0) is 14.3 Å². The lowest BCUT2D eigenvalue weighted by molar-refractivity contribution is -0.169. The van der Waals surface area contributed by atoms with Gasteiger partial charge in [0.2, 0.25) is 5.95 Å². The minimum atomic E-state index is -0.693. The van der Waals surface area contributed by atoms with Gasteiger partial charge in [-0.2, -0.15) is 4.98 Å². The summed E-state index contributed by atoms with van der Waals surface area (Å²) in [4.78, 5) is 24.6. The van der Waals surface area contributed by atoms with E-state index in [1.807, 2.05) is 6.07 Å². The molecular formula is C17H24N4O4. The molecule has 1 N–H and O–H groups in total. The number of nitrogens with zero attached hydrogens (tertiary/aromatic N) is 4. The number of rotatable bonds is 3. The average Bonchev–Trinajstić information content (AvgIpc) is 3.10. The molecule has 25 heavy (non-hydrogen) atoms. The van der Waals surface area contributed by atoms with Crippen LogP contribution in [0.25, 0.3) is 0 Å². The number of hydrogen-bond donors (Lipinski definition) is 1. The van der Waals surface area contributed by atoms with Crippen molar-refractivity contribution >= 4 is 17.7 Å². The Hall–Kier alpha value is -1.93. The highest BCUT2D eigenvalue weighted by molar-refractivity contribution is 5.70. The van der Waals surface area contributed by atoms with E-state index in [4.69, 9.17) is 19.6 Å². The summed E-state index contributed by atoms with van der Waals surface area (Å²) in [5, 5.41) is 9.13. The molecule has 4 rings (SSSR count). The first kappa shape index (κ1) is 16.5. The molecule has 1 aromatic heterocycles. The van der Waals surface area contributed by atoms with Crippen LogP contribution in [0.2, 0.25) is 0 Å². The van der Waals surface area contributed by atoms with Crippen LogP contribution in [0, 0.1) is 5.92 Å². The summed E-state index contributed by atoms with van der Waals surface area (Å²) in [5.74, 6) is 0.282. The van der Waals surface area contributed by atoms with Gasteiger partial charge in [0.05, 0.1) is 19.1 Å². The third-order valence-electron chi connectivity index (χ3n) is 5.42. The van der Waals surface area contributed by atoms with E-state index in [1.54, 1.807) is 6.20 Å². The first-order chi connectivity index (χ1) is 12.2. The second-order valence-electron chi connectivity index (χ2n) is 6.91. The van der Waals surface area contributed by atoms with Gasteiger partial charge in [-0.3, -0.25) is 4.79 Å². The van der Waals surface area contributed by atoms with Gasteiger partial charge in [-0.25, -0.2) is 4.98 Å². The molecule has 0 radical (unpaired) electrons. The number of aromatic nitrogens is 2. The molecule has 1 aromatic rings. The van der Waals surface area contributed by atoms with E-state index in [0.717, 1.165) is 50.8 Å². The van der Waals surface area contributed by atoms with Crippen molar-refractivity contribution in [3.8, 4) is 0 Å². The van der Waals surface area contributed by atoms with Crippen LogP contribution >= 0.6 is 0 Å². The molecule has 0 bridgehead atoms. The third-order valence-corrected chi connectivity index (χ3v) is 5.42. The number of aliphatic carboxylic acids is 1. The Morgan fingerprint density at radius 1 is 1.12 bits per heavy atom. The molecule has 3 saturated heterocycles. The van der Waals surface area contributed by atoms with Crippen molar-refractivity contribution in [2.24, 2.45) is 5.92 Å². The molecule has 0 unspecified atom stereocenters. The fourth-order valence-corrected chi connectivity index (χ4v) is 3.86. The number of piperidine rings is 2. The summed E-state index contributed by atoms with van der Waals surface area (Å²) in [6.07, 6.45) is 4.76. The molecule has 0 aliphatic carbocycles. The highest BCUT2D eigenvalue weighted by Crippen LogP contribution is 2.32. The van der Waals surface area contributed by atoms with Gasteiger partial charge in [-0.05, 0) is 18.9 Å². The van der Waals surface area contributed by atoms with Crippen LogP contribution in [0.15, 0.2) is 12.3 Å². The lowest BCUT2D eigenvalue weighted by Crippen LogP contribution is -2.45. The Kier molecular flexibility index (Phi) is 4.47. The molecule has 3 aliphatic rings. The maximum Gasteiger partial charge on any atom is 0.306 e. The van der Waals surface area contributed by atoms with Crippen molar-refractivity contribution in [2.75, 3.05) is 49.2 Å². The number of ether oxygens (including phenoxy) is 2. The monoisotopic (exact) mass is 348 g/mol. The Morgan fingerprint density at radius 2 is 1.80 bits per heavy atom. The van der Waals surface area contributed by atoms with Gasteiger partial charge in [0.1, 0.15) is 5.82 Å². The molecule has 8 heteroatoms. The van der Waals surface area contributed by atoms with Gasteiger partial charge >= 0.3 is 5.97 Å². The highest BCUT2D eigenvalue weighted by atomic mass is 16.7. The molecule has 0 amide bonds. The molecule has 0 aromatic carbocycles. The minimum Gasteiger partial charge on any atom is -0.481 e. The Morgan fingerprint density at radius 3 is 2.44 bits per heavy atom. The van der Waals surface area contributed by atoms with Crippen molar-refractivity contribution in [1.82, 2.24) is 9.97 Å². The van der Waals surface area contributed by atoms with E-state index < -0.39 is 11.8 Å². The Balaban J connectivity index is 1.39. The van der Waals surface area contributed by atoms with Crippen molar-refractivity contribution < 1.29 is 19.4 Å². The van der Waals surface area contributed by atoms with Gasteiger partial charge in [-0.15, -0.1) is 0 Å². The maximum atomic E-state index is 11.1. The van der Waals surface area contributed by atoms with Crippen LogP contribution in [-0.4, -0.2) is 66.2 Å². The normalized spacial score (nSPS) is 24.0. The molecule has 3 aliphatic heterocycles. The Labute approximate surface area is 146 Å². The molecule has 0 saturated carbocycles. The molecule has 0 atom stereocenters. The fraction of sp³-hybridized carbons (Fsp3) is 0.706. The summed E-state index contributed by atoms with van der Waals surface area (Å²) < 4.78 is 11.5. The van der Waals surface area contributed by atoms with E-state index >= 15 is 0 Å². The summed E-state index contributed by atoms with van der Waals surface area (Å²) in [7, 11) is 0. The van der Waals surface area contributed by atoms with Crippen molar-refractivity contribution in [3.05, 3.63) is 12.3 Å². The van der Waals surface area contributed by atoms with Crippen molar-refractivity contribution in [1.29, 1.82) is 0 Å². The molecular weight excluding hydrogens is 324 g/mol. The minimum absolute atomic E-state index is 0.234. The predicted octanol–water partition coefficient (Wildman–Crippen LogP) is 1.12. The fourth-order valence-electron chi connectivity index (χ4n) is 3.86. The van der Waals surface area contributed by atoms with Gasteiger partial charge in [0.15, 0.2) is 5.79 Å². The van der Waals surface area contributed by atoms with Crippen LogP contribution in [0.1, 0.15) is 25.7 Å². The lowest BCUT2D eigenvalue weighted by Gasteiger charge is -2.38. The first-order valence-electron chi connectivity index (χ1n) is 8.99. The summed E-state index contributed by atoms with van der Waals surface area (Å²) in [6.45, 7) is 4.42. The second-order valence-corrected chi connectivity index (χ2v) is 6.91. The number of carbonyl (C=O) groups is 1. The predicted molar refractivity (Wildman–Crippen MR) is 90.7 cm³/mol. The van der Waals surface area contributed by atoms with E-state index in [9.17, 15) is 4.79 Å². The van der Waals surface area contributed by atoms with Gasteiger partial charge in [0, 0.05) is 45.2 Å². The van der Waals surface area contributed by atoms with Gasteiger partial charge < -0.3 is 24.4 Å². The number of carboxylic acids is 1. The first-order valence-corrected chi connectivity index (χ1v) is 8.99. The van der Waals surface area contributed by atoms with Crippen LogP contribution in [0.4, 0.5) is 11.8 Å². The molecule has 3 fully saturated rings. The van der Waals surface area contributed by atoms with Crippen LogP contribution in [0.3, 0.4) is 0 Å². The molecule has 136 valence electrons. The van der Waals surface area contributed by atoms with E-state index in [-0.39, 0.29) is 5.92 Å². The Bertz CT molecular complexity index is 617. The molecule has 4 heterocycles. The average molecular weight is 348 g/mol. The zero-order chi connectivity index (χ0) is 17.3. The number of carboxylic acid groups (broad SMARTS) is 1. The third kappa shape index (κ3) is 3.41. The van der Waals surface area contributed by atoms with Crippen molar-refractivity contribution in [3.63, 3.8) is 0 Å². The summed E-state index contributed by atoms with van der Waals surface area (Å²) in [5.41, 5.74) is 0. The quantitative estimate of drug-likeness (QED) is 0.869. The maximum absolute atomic E-state index is 11.1. The number of hydrogen-bond acceptors (Lipinski definition) is 7.